The van der Waals surface area contributed by atoms with Crippen molar-refractivity contribution in [1.29, 1.82) is 0 Å². The van der Waals surface area contributed by atoms with Gasteiger partial charge in [-0.3, -0.25) is 4.79 Å². The van der Waals surface area contributed by atoms with Crippen LogP contribution in [-0.4, -0.2) is 32.2 Å². The fraction of sp³-hybridized carbons (Fsp3) is 0.125. The van der Waals surface area contributed by atoms with Crippen molar-refractivity contribution < 1.29 is 19.0 Å². The van der Waals surface area contributed by atoms with Crippen LogP contribution in [0.4, 0.5) is 0 Å². The normalized spacial score (nSPS) is 11.6. The van der Waals surface area contributed by atoms with Gasteiger partial charge in [-0.15, -0.1) is 0 Å². The van der Waals surface area contributed by atoms with Crippen LogP contribution in [0.25, 0.3) is 22.2 Å². The van der Waals surface area contributed by atoms with E-state index in [0.29, 0.717) is 39.0 Å². The van der Waals surface area contributed by atoms with E-state index in [1.165, 1.54) is 0 Å². The number of methoxy groups -OCH3 is 3. The number of halogens is 1. The largest absolute Gasteiger partial charge is 0.493 e. The number of rotatable bonds is 8. The molecular weight excluding hydrogens is 512 g/mol. The topological polar surface area (TPSA) is 69.7 Å². The first kappa shape index (κ1) is 26.1. The predicted molar refractivity (Wildman–Crippen MR) is 154 cm³/mol. The number of aromatic nitrogens is 1. The van der Waals surface area contributed by atoms with E-state index in [0.717, 1.165) is 22.1 Å². The molecule has 196 valence electrons. The van der Waals surface area contributed by atoms with Gasteiger partial charge in [-0.2, -0.15) is 0 Å². The lowest BCUT2D eigenvalue weighted by Crippen LogP contribution is -2.29. The van der Waals surface area contributed by atoms with Crippen LogP contribution in [0.15, 0.2) is 97.1 Å². The first-order valence-electron chi connectivity index (χ1n) is 12.3. The maximum atomic E-state index is 14.0. The summed E-state index contributed by atoms with van der Waals surface area (Å²) in [6, 6.07) is 30.0. The van der Waals surface area contributed by atoms with E-state index in [-0.39, 0.29) is 11.9 Å². The zero-order valence-corrected chi connectivity index (χ0v) is 22.5. The molecule has 6 nitrogen and oxygen atoms in total. The molecule has 1 aromatic heterocycles. The van der Waals surface area contributed by atoms with Gasteiger partial charge in [0.05, 0.1) is 44.1 Å². The number of benzene rings is 4. The molecule has 0 unspecified atom stereocenters. The molecule has 7 heteroatoms. The lowest BCUT2D eigenvalue weighted by molar-refractivity contribution is 0.0944. The Labute approximate surface area is 232 Å². The fourth-order valence-corrected chi connectivity index (χ4v) is 4.73. The Balaban J connectivity index is 1.62. The lowest BCUT2D eigenvalue weighted by atomic mass is 9.97. The summed E-state index contributed by atoms with van der Waals surface area (Å²) in [6.45, 7) is 0. The Bertz CT molecular complexity index is 1600. The number of hydrogen-bond acceptors (Lipinski definition) is 5. The Morgan fingerprint density at radius 3 is 2.03 bits per heavy atom. The summed E-state index contributed by atoms with van der Waals surface area (Å²) in [5.74, 6) is 1.25. The Morgan fingerprint density at radius 2 is 1.38 bits per heavy atom. The number of pyridine rings is 1. The van der Waals surface area contributed by atoms with E-state index >= 15 is 0 Å². The minimum atomic E-state index is -0.382. The molecule has 0 fully saturated rings. The van der Waals surface area contributed by atoms with Crippen LogP contribution < -0.4 is 19.5 Å². The van der Waals surface area contributed by atoms with Gasteiger partial charge in [-0.25, -0.2) is 4.98 Å². The highest BCUT2D eigenvalue weighted by atomic mass is 35.5. The summed E-state index contributed by atoms with van der Waals surface area (Å²) in [4.78, 5) is 18.8. The van der Waals surface area contributed by atoms with Gasteiger partial charge in [-0.1, -0.05) is 72.3 Å². The number of fused-ring (bicyclic) bond motifs is 1. The summed E-state index contributed by atoms with van der Waals surface area (Å²) >= 11 is 6.15. The lowest BCUT2D eigenvalue weighted by Gasteiger charge is -2.21. The summed E-state index contributed by atoms with van der Waals surface area (Å²) in [6.07, 6.45) is 0. The first-order valence-corrected chi connectivity index (χ1v) is 12.7. The molecule has 1 N–H and O–H groups in total. The van der Waals surface area contributed by atoms with Gasteiger partial charge >= 0.3 is 0 Å². The van der Waals surface area contributed by atoms with E-state index in [2.05, 4.69) is 5.32 Å². The summed E-state index contributed by atoms with van der Waals surface area (Å²) < 4.78 is 16.6. The van der Waals surface area contributed by atoms with E-state index in [1.54, 1.807) is 27.4 Å². The van der Waals surface area contributed by atoms with Crippen LogP contribution in [0.3, 0.4) is 0 Å². The molecule has 0 radical (unpaired) electrons. The molecule has 39 heavy (non-hydrogen) atoms. The standard InChI is InChI=1S/C32H27ClN2O4/c1-37-28-17-22(18-29(38-2)31(28)39-3)27-19-25(24-11-7-8-12-26(24)34-27)32(36)35-30(20-9-5-4-6-10-20)21-13-15-23(33)16-14-21/h4-19,30H,1-3H3,(H,35,36)/t30-/m1/s1. The molecular formula is C32H27ClN2O4. The molecule has 0 aliphatic carbocycles. The minimum Gasteiger partial charge on any atom is -0.493 e. The molecule has 5 rings (SSSR count). The van der Waals surface area contributed by atoms with Crippen molar-refractivity contribution in [2.24, 2.45) is 0 Å². The van der Waals surface area contributed by atoms with Crippen LogP contribution >= 0.6 is 11.6 Å². The van der Waals surface area contributed by atoms with E-state index in [4.69, 9.17) is 30.8 Å². The van der Waals surface area contributed by atoms with Crippen molar-refractivity contribution in [2.75, 3.05) is 21.3 Å². The number of hydrogen-bond donors (Lipinski definition) is 1. The van der Waals surface area contributed by atoms with Crippen molar-refractivity contribution in [3.8, 4) is 28.5 Å². The quantitative estimate of drug-likeness (QED) is 0.228. The van der Waals surface area contributed by atoms with Crippen molar-refractivity contribution in [3.63, 3.8) is 0 Å². The number of ether oxygens (including phenoxy) is 3. The zero-order valence-electron chi connectivity index (χ0n) is 21.8. The average molecular weight is 539 g/mol. The minimum absolute atomic E-state index is 0.230. The molecule has 0 aliphatic rings. The van der Waals surface area contributed by atoms with Gasteiger partial charge in [0.25, 0.3) is 5.91 Å². The number of nitrogens with one attached hydrogen (secondary N) is 1. The van der Waals surface area contributed by atoms with Gasteiger partial charge in [0.15, 0.2) is 11.5 Å². The molecule has 5 aromatic rings. The highest BCUT2D eigenvalue weighted by molar-refractivity contribution is 6.30. The maximum Gasteiger partial charge on any atom is 0.252 e. The predicted octanol–water partition coefficient (Wildman–Crippen LogP) is 7.10. The van der Waals surface area contributed by atoms with Gasteiger partial charge in [-0.05, 0) is 47.5 Å². The molecule has 0 saturated heterocycles. The molecule has 0 aliphatic heterocycles. The maximum absolute atomic E-state index is 14.0. The van der Waals surface area contributed by atoms with Crippen molar-refractivity contribution >= 4 is 28.4 Å². The molecule has 1 heterocycles. The van der Waals surface area contributed by atoms with Crippen LogP contribution in [-0.2, 0) is 0 Å². The number of carbonyl (C=O) groups excluding carboxylic acids is 1. The molecule has 1 amide bonds. The third-order valence-corrected chi connectivity index (χ3v) is 6.78. The molecule has 0 saturated carbocycles. The van der Waals surface area contributed by atoms with E-state index in [9.17, 15) is 4.79 Å². The van der Waals surface area contributed by atoms with Crippen LogP contribution in [0.1, 0.15) is 27.5 Å². The number of amides is 1. The van der Waals surface area contributed by atoms with Crippen LogP contribution in [0.5, 0.6) is 17.2 Å². The fourth-order valence-electron chi connectivity index (χ4n) is 4.61. The van der Waals surface area contributed by atoms with Gasteiger partial charge in [0, 0.05) is 16.0 Å². The second-order valence-electron chi connectivity index (χ2n) is 8.85. The number of carbonyl (C=O) groups is 1. The van der Waals surface area contributed by atoms with Crippen LogP contribution in [0.2, 0.25) is 5.02 Å². The summed E-state index contributed by atoms with van der Waals surface area (Å²) in [7, 11) is 4.68. The van der Waals surface area contributed by atoms with E-state index in [1.807, 2.05) is 91.0 Å². The Kier molecular flexibility index (Phi) is 7.66. The van der Waals surface area contributed by atoms with Crippen molar-refractivity contribution in [2.45, 2.75) is 6.04 Å². The molecule has 4 aromatic carbocycles. The third kappa shape index (κ3) is 5.38. The highest BCUT2D eigenvalue weighted by Crippen LogP contribution is 2.41. The van der Waals surface area contributed by atoms with Gasteiger partial charge < -0.3 is 19.5 Å². The molecule has 1 atom stereocenters. The highest BCUT2D eigenvalue weighted by Gasteiger charge is 2.22. The van der Waals surface area contributed by atoms with Crippen LogP contribution in [0, 0.1) is 0 Å². The summed E-state index contributed by atoms with van der Waals surface area (Å²) in [5, 5.41) is 4.62. The number of nitrogens with zero attached hydrogens (tertiary/aromatic N) is 1. The third-order valence-electron chi connectivity index (χ3n) is 6.53. The smallest absolute Gasteiger partial charge is 0.252 e. The zero-order chi connectivity index (χ0) is 27.4. The number of para-hydroxylation sites is 1. The monoisotopic (exact) mass is 538 g/mol. The van der Waals surface area contributed by atoms with Gasteiger partial charge in [0.1, 0.15) is 0 Å². The molecule has 0 bridgehead atoms. The SMILES string of the molecule is COc1cc(-c2cc(C(=O)N[C@H](c3ccccc3)c3ccc(Cl)cc3)c3ccccc3n2)cc(OC)c1OC. The van der Waals surface area contributed by atoms with Crippen molar-refractivity contribution in [1.82, 2.24) is 10.3 Å². The van der Waals surface area contributed by atoms with Crippen molar-refractivity contribution in [3.05, 3.63) is 119 Å². The average Bonchev–Trinajstić information content (AvgIpc) is 2.99. The Morgan fingerprint density at radius 1 is 0.769 bits per heavy atom. The Hall–Kier alpha value is -4.55. The molecule has 0 spiro atoms. The van der Waals surface area contributed by atoms with E-state index < -0.39 is 0 Å². The van der Waals surface area contributed by atoms with Gasteiger partial charge in [0.2, 0.25) is 5.75 Å². The first-order chi connectivity index (χ1) is 19.0. The second-order valence-corrected chi connectivity index (χ2v) is 9.29. The summed E-state index contributed by atoms with van der Waals surface area (Å²) in [5.41, 5.74) is 4.39. The second kappa shape index (κ2) is 11.5.